The number of hydrogen-bond acceptors (Lipinski definition) is 4. The molecular weight excluding hydrogens is 348 g/mol. The van der Waals surface area contributed by atoms with E-state index in [1.807, 2.05) is 6.92 Å². The summed E-state index contributed by atoms with van der Waals surface area (Å²) < 4.78 is 27.2. The van der Waals surface area contributed by atoms with Crippen LogP contribution in [0.3, 0.4) is 0 Å². The van der Waals surface area contributed by atoms with Gasteiger partial charge in [0.15, 0.2) is 0 Å². The second-order valence-electron chi connectivity index (χ2n) is 4.04. The minimum Gasteiger partial charge on any atom is -0.397 e. The fraction of sp³-hybridized carbons (Fsp3) is 0.167. The van der Waals surface area contributed by atoms with E-state index in [1.54, 1.807) is 30.3 Å². The summed E-state index contributed by atoms with van der Waals surface area (Å²) in [5.41, 5.74) is 6.75. The van der Waals surface area contributed by atoms with Gasteiger partial charge in [-0.1, -0.05) is 15.9 Å². The number of hydrogen-bond donors (Lipinski definition) is 1. The largest absolute Gasteiger partial charge is 0.397 e. The van der Waals surface area contributed by atoms with Gasteiger partial charge in [-0.05, 0) is 37.3 Å². The summed E-state index contributed by atoms with van der Waals surface area (Å²) in [5.74, 6) is 0. The van der Waals surface area contributed by atoms with Crippen molar-refractivity contribution in [2.75, 3.05) is 17.1 Å². The molecule has 0 amide bonds. The number of nitrogens with two attached hydrogens (primary N) is 1. The second kappa shape index (κ2) is 5.15. The second-order valence-corrected chi connectivity index (χ2v) is 8.44. The Hall–Kier alpha value is -1.05. The lowest BCUT2D eigenvalue weighted by Gasteiger charge is -2.20. The van der Waals surface area contributed by atoms with Crippen LogP contribution in [-0.2, 0) is 10.0 Å². The maximum absolute atomic E-state index is 12.5. The number of anilines is 2. The van der Waals surface area contributed by atoms with Gasteiger partial charge < -0.3 is 5.73 Å². The van der Waals surface area contributed by atoms with Gasteiger partial charge in [-0.2, -0.15) is 0 Å². The maximum Gasteiger partial charge on any atom is 0.273 e. The normalized spacial score (nSPS) is 11.5. The highest BCUT2D eigenvalue weighted by Crippen LogP contribution is 2.31. The summed E-state index contributed by atoms with van der Waals surface area (Å²) in [4.78, 5) is 0.954. The summed E-state index contributed by atoms with van der Waals surface area (Å²) in [6.07, 6.45) is 0. The lowest BCUT2D eigenvalue weighted by Crippen LogP contribution is -2.26. The highest BCUT2D eigenvalue weighted by molar-refractivity contribution is 9.10. The number of halogens is 1. The first kappa shape index (κ1) is 14.4. The Bertz CT molecular complexity index is 710. The molecule has 0 aliphatic rings. The molecule has 0 fully saturated rings. The van der Waals surface area contributed by atoms with Crippen molar-refractivity contribution < 1.29 is 8.42 Å². The van der Waals surface area contributed by atoms with Gasteiger partial charge >= 0.3 is 0 Å². The average molecular weight is 361 g/mol. The van der Waals surface area contributed by atoms with Crippen molar-refractivity contribution in [2.45, 2.75) is 11.1 Å². The highest BCUT2D eigenvalue weighted by atomic mass is 79.9. The van der Waals surface area contributed by atoms with Crippen molar-refractivity contribution >= 4 is 48.7 Å². The fourth-order valence-electron chi connectivity index (χ4n) is 1.63. The van der Waals surface area contributed by atoms with Crippen LogP contribution in [0.15, 0.2) is 39.0 Å². The molecule has 2 rings (SSSR count). The molecule has 2 N–H and O–H groups in total. The first-order chi connectivity index (χ1) is 8.82. The molecule has 0 spiro atoms. The van der Waals surface area contributed by atoms with Crippen molar-refractivity contribution in [1.82, 2.24) is 0 Å². The van der Waals surface area contributed by atoms with Gasteiger partial charge in [-0.3, -0.25) is 4.31 Å². The highest BCUT2D eigenvalue weighted by Gasteiger charge is 2.24. The summed E-state index contributed by atoms with van der Waals surface area (Å²) in [5, 5.41) is 0. The molecule has 0 atom stereocenters. The third-order valence-corrected chi connectivity index (χ3v) is 6.39. The van der Waals surface area contributed by atoms with E-state index in [0.717, 1.165) is 9.35 Å². The van der Waals surface area contributed by atoms with Crippen LogP contribution in [0.5, 0.6) is 0 Å². The third kappa shape index (κ3) is 2.77. The summed E-state index contributed by atoms with van der Waals surface area (Å²) in [6.45, 7) is 1.87. The molecule has 4 nitrogen and oxygen atoms in total. The molecule has 2 aromatic rings. The van der Waals surface area contributed by atoms with Crippen LogP contribution in [-0.4, -0.2) is 15.5 Å². The smallest absolute Gasteiger partial charge is 0.273 e. The van der Waals surface area contributed by atoms with E-state index in [1.165, 1.54) is 22.7 Å². The molecule has 0 aliphatic carbocycles. The molecule has 1 aromatic carbocycles. The van der Waals surface area contributed by atoms with Gasteiger partial charge in [-0.15, -0.1) is 11.3 Å². The van der Waals surface area contributed by atoms with E-state index in [-0.39, 0.29) is 0 Å². The quantitative estimate of drug-likeness (QED) is 0.854. The zero-order valence-electron chi connectivity index (χ0n) is 10.4. The lowest BCUT2D eigenvalue weighted by atomic mass is 10.3. The average Bonchev–Trinajstić information content (AvgIpc) is 2.76. The molecule has 0 aliphatic heterocycles. The zero-order valence-corrected chi connectivity index (χ0v) is 13.6. The Morgan fingerprint density at radius 1 is 1.26 bits per heavy atom. The standard InChI is InChI=1S/C12H13BrN2O2S2/c1-8-3-6-12(18-8)19(16,17)15(2)11-5-4-9(13)7-10(11)14/h3-7H,14H2,1-2H3. The minimum absolute atomic E-state index is 0.315. The molecule has 0 unspecified atom stereocenters. The monoisotopic (exact) mass is 360 g/mol. The van der Waals surface area contributed by atoms with E-state index in [0.29, 0.717) is 15.6 Å². The number of nitrogens with zero attached hydrogens (tertiary/aromatic N) is 1. The number of rotatable bonds is 3. The van der Waals surface area contributed by atoms with E-state index in [4.69, 9.17) is 5.73 Å². The van der Waals surface area contributed by atoms with Crippen LogP contribution in [0.25, 0.3) is 0 Å². The molecule has 7 heteroatoms. The fourth-order valence-corrected chi connectivity index (χ4v) is 4.68. The van der Waals surface area contributed by atoms with Crippen LogP contribution in [0.4, 0.5) is 11.4 Å². The molecule has 0 saturated heterocycles. The van der Waals surface area contributed by atoms with Gasteiger partial charge in [-0.25, -0.2) is 8.42 Å². The Labute approximate surface area is 125 Å². The van der Waals surface area contributed by atoms with E-state index < -0.39 is 10.0 Å². The lowest BCUT2D eigenvalue weighted by molar-refractivity contribution is 0.596. The zero-order chi connectivity index (χ0) is 14.2. The summed E-state index contributed by atoms with van der Waals surface area (Å²) >= 11 is 4.55. The van der Waals surface area contributed by atoms with Crippen LogP contribution in [0, 0.1) is 6.92 Å². The van der Waals surface area contributed by atoms with Crippen molar-refractivity contribution in [3.05, 3.63) is 39.7 Å². The van der Waals surface area contributed by atoms with Crippen molar-refractivity contribution in [3.8, 4) is 0 Å². The van der Waals surface area contributed by atoms with E-state index in [2.05, 4.69) is 15.9 Å². The first-order valence-corrected chi connectivity index (χ1v) is 8.48. The number of thiophene rings is 1. The number of benzene rings is 1. The summed E-state index contributed by atoms with van der Waals surface area (Å²) in [7, 11) is -2.05. The predicted octanol–water partition coefficient (Wildman–Crippen LogP) is 3.23. The van der Waals surface area contributed by atoms with Gasteiger partial charge in [0.25, 0.3) is 10.0 Å². The molecule has 1 aromatic heterocycles. The molecule has 0 radical (unpaired) electrons. The van der Waals surface area contributed by atoms with E-state index >= 15 is 0 Å². The minimum atomic E-state index is -3.55. The van der Waals surface area contributed by atoms with Crippen LogP contribution < -0.4 is 10.0 Å². The number of sulfonamides is 1. The molecular formula is C12H13BrN2O2S2. The Balaban J connectivity index is 2.46. The molecule has 0 saturated carbocycles. The molecule has 0 bridgehead atoms. The van der Waals surface area contributed by atoms with Crippen LogP contribution in [0.2, 0.25) is 0 Å². The Morgan fingerprint density at radius 3 is 2.47 bits per heavy atom. The van der Waals surface area contributed by atoms with Gasteiger partial charge in [0.1, 0.15) is 4.21 Å². The number of aryl methyl sites for hydroxylation is 1. The van der Waals surface area contributed by atoms with Crippen molar-refractivity contribution in [3.63, 3.8) is 0 Å². The molecule has 19 heavy (non-hydrogen) atoms. The van der Waals surface area contributed by atoms with Gasteiger partial charge in [0.2, 0.25) is 0 Å². The SMILES string of the molecule is Cc1ccc(S(=O)(=O)N(C)c2ccc(Br)cc2N)s1. The van der Waals surface area contributed by atoms with Gasteiger partial charge in [0, 0.05) is 16.4 Å². The third-order valence-electron chi connectivity index (χ3n) is 2.66. The molecule has 1 heterocycles. The Kier molecular flexibility index (Phi) is 3.89. The molecule has 102 valence electrons. The topological polar surface area (TPSA) is 63.4 Å². The summed E-state index contributed by atoms with van der Waals surface area (Å²) in [6, 6.07) is 8.52. The Morgan fingerprint density at radius 2 is 1.95 bits per heavy atom. The maximum atomic E-state index is 12.5. The number of nitrogen functional groups attached to an aromatic ring is 1. The van der Waals surface area contributed by atoms with E-state index in [9.17, 15) is 8.42 Å². The van der Waals surface area contributed by atoms with Crippen LogP contribution >= 0.6 is 27.3 Å². The van der Waals surface area contributed by atoms with Gasteiger partial charge in [0.05, 0.1) is 11.4 Å². The predicted molar refractivity (Wildman–Crippen MR) is 83.2 cm³/mol. The first-order valence-electron chi connectivity index (χ1n) is 5.43. The van der Waals surface area contributed by atoms with Crippen molar-refractivity contribution in [2.24, 2.45) is 0 Å². The van der Waals surface area contributed by atoms with Crippen LogP contribution in [0.1, 0.15) is 4.88 Å². The van der Waals surface area contributed by atoms with Crippen molar-refractivity contribution in [1.29, 1.82) is 0 Å².